The van der Waals surface area contributed by atoms with E-state index in [4.69, 9.17) is 0 Å². The molecule has 2 fully saturated rings. The molecule has 21 heavy (non-hydrogen) atoms. The van der Waals surface area contributed by atoms with Crippen LogP contribution in [0.2, 0.25) is 0 Å². The minimum atomic E-state index is 0.819. The summed E-state index contributed by atoms with van der Waals surface area (Å²) in [7, 11) is 0. The van der Waals surface area contributed by atoms with Gasteiger partial charge < -0.3 is 9.80 Å². The predicted octanol–water partition coefficient (Wildman–Crippen LogP) is 4.11. The molecule has 2 saturated heterocycles. The number of nitrogens with zero attached hydrogens (tertiary/aromatic N) is 2. The first kappa shape index (κ1) is 17.3. The molecular formula is C19H38N2. The second-order valence-electron chi connectivity index (χ2n) is 8.56. The van der Waals surface area contributed by atoms with Crippen LogP contribution in [0.3, 0.4) is 0 Å². The lowest BCUT2D eigenvalue weighted by Crippen LogP contribution is -2.41. The highest BCUT2D eigenvalue weighted by Gasteiger charge is 2.26. The summed E-state index contributed by atoms with van der Waals surface area (Å²) in [6.07, 6.45) is 7.31. The summed E-state index contributed by atoms with van der Waals surface area (Å²) in [6, 6.07) is 0. The molecule has 2 rings (SSSR count). The first-order valence-corrected chi connectivity index (χ1v) is 9.47. The van der Waals surface area contributed by atoms with Gasteiger partial charge in [-0.25, -0.2) is 0 Å². The van der Waals surface area contributed by atoms with E-state index in [0.717, 1.165) is 23.7 Å². The van der Waals surface area contributed by atoms with Crippen LogP contribution in [0.25, 0.3) is 0 Å². The minimum Gasteiger partial charge on any atom is -0.303 e. The maximum absolute atomic E-state index is 2.73. The first-order chi connectivity index (χ1) is 10.0. The van der Waals surface area contributed by atoms with Crippen LogP contribution >= 0.6 is 0 Å². The van der Waals surface area contributed by atoms with Crippen molar-refractivity contribution in [3.63, 3.8) is 0 Å². The molecule has 0 aromatic heterocycles. The van der Waals surface area contributed by atoms with Crippen molar-refractivity contribution in [1.82, 2.24) is 9.80 Å². The van der Waals surface area contributed by atoms with Crippen LogP contribution in [0.15, 0.2) is 0 Å². The Morgan fingerprint density at radius 1 is 0.762 bits per heavy atom. The van der Waals surface area contributed by atoms with E-state index in [9.17, 15) is 0 Å². The van der Waals surface area contributed by atoms with E-state index in [2.05, 4.69) is 37.5 Å². The van der Waals surface area contributed by atoms with Gasteiger partial charge in [0.1, 0.15) is 0 Å². The molecule has 0 bridgehead atoms. The average molecular weight is 295 g/mol. The summed E-state index contributed by atoms with van der Waals surface area (Å²) in [4.78, 5) is 5.46. The summed E-state index contributed by atoms with van der Waals surface area (Å²) in [6.45, 7) is 17.5. The molecule has 0 saturated carbocycles. The Kier molecular flexibility index (Phi) is 7.01. The van der Waals surface area contributed by atoms with E-state index >= 15 is 0 Å². The van der Waals surface area contributed by atoms with Crippen molar-refractivity contribution < 1.29 is 0 Å². The fourth-order valence-electron chi connectivity index (χ4n) is 4.52. The quantitative estimate of drug-likeness (QED) is 0.727. The average Bonchev–Trinajstić information content (AvgIpc) is 2.37. The predicted molar refractivity (Wildman–Crippen MR) is 92.6 cm³/mol. The van der Waals surface area contributed by atoms with E-state index in [1.54, 1.807) is 0 Å². The largest absolute Gasteiger partial charge is 0.303 e. The maximum Gasteiger partial charge on any atom is 0.000989 e. The molecule has 0 aromatic rings. The van der Waals surface area contributed by atoms with Gasteiger partial charge in [-0.05, 0) is 68.9 Å². The molecule has 0 spiro atoms. The van der Waals surface area contributed by atoms with Gasteiger partial charge in [-0.1, -0.05) is 27.7 Å². The molecule has 2 aliphatic heterocycles. The Balaban J connectivity index is 1.75. The third-order valence-corrected chi connectivity index (χ3v) is 5.12. The molecule has 124 valence electrons. The van der Waals surface area contributed by atoms with Crippen LogP contribution in [-0.4, -0.2) is 49.1 Å². The molecule has 2 unspecified atom stereocenters. The van der Waals surface area contributed by atoms with Gasteiger partial charge >= 0.3 is 0 Å². The van der Waals surface area contributed by atoms with E-state index in [0.29, 0.717) is 0 Å². The Hall–Kier alpha value is -0.0800. The summed E-state index contributed by atoms with van der Waals surface area (Å²) in [5.41, 5.74) is 0. The minimum absolute atomic E-state index is 0.819. The molecule has 0 aliphatic carbocycles. The van der Waals surface area contributed by atoms with Crippen molar-refractivity contribution >= 4 is 0 Å². The zero-order valence-corrected chi connectivity index (χ0v) is 15.0. The van der Waals surface area contributed by atoms with Gasteiger partial charge in [0.25, 0.3) is 0 Å². The van der Waals surface area contributed by atoms with Gasteiger partial charge in [0.05, 0.1) is 0 Å². The smallest absolute Gasteiger partial charge is 0.000989 e. The third kappa shape index (κ3) is 6.28. The van der Waals surface area contributed by atoms with Crippen LogP contribution in [0.4, 0.5) is 0 Å². The fourth-order valence-corrected chi connectivity index (χ4v) is 4.52. The van der Waals surface area contributed by atoms with Crippen LogP contribution in [0, 0.1) is 23.7 Å². The standard InChI is InChI=1S/C19H38N2/c1-16(2)12-20-9-5-7-18(14-20)11-19-8-6-10-21(15-19)13-17(3)4/h16-19H,5-15H2,1-4H3. The molecule has 0 aromatic carbocycles. The van der Waals surface area contributed by atoms with Gasteiger partial charge in [0.2, 0.25) is 0 Å². The summed E-state index contributed by atoms with van der Waals surface area (Å²) < 4.78 is 0. The molecule has 2 heterocycles. The Bertz CT molecular complexity index is 259. The van der Waals surface area contributed by atoms with Crippen molar-refractivity contribution in [2.75, 3.05) is 39.3 Å². The van der Waals surface area contributed by atoms with Gasteiger partial charge in [-0.15, -0.1) is 0 Å². The third-order valence-electron chi connectivity index (χ3n) is 5.12. The van der Waals surface area contributed by atoms with E-state index < -0.39 is 0 Å². The summed E-state index contributed by atoms with van der Waals surface area (Å²) >= 11 is 0. The SMILES string of the molecule is CC(C)CN1CCCC(CC2CCCN(CC(C)C)C2)C1. The fraction of sp³-hybridized carbons (Fsp3) is 1.00. The lowest BCUT2D eigenvalue weighted by molar-refractivity contribution is 0.107. The molecule has 0 radical (unpaired) electrons. The maximum atomic E-state index is 2.73. The van der Waals surface area contributed by atoms with E-state index in [-0.39, 0.29) is 0 Å². The molecular weight excluding hydrogens is 256 g/mol. The highest BCUT2D eigenvalue weighted by atomic mass is 15.1. The zero-order chi connectivity index (χ0) is 15.2. The van der Waals surface area contributed by atoms with Crippen molar-refractivity contribution in [3.8, 4) is 0 Å². The van der Waals surface area contributed by atoms with Gasteiger partial charge in [0, 0.05) is 26.2 Å². The van der Waals surface area contributed by atoms with Crippen LogP contribution in [0.1, 0.15) is 59.8 Å². The lowest BCUT2D eigenvalue weighted by atomic mass is 9.84. The van der Waals surface area contributed by atoms with Crippen molar-refractivity contribution in [2.45, 2.75) is 59.8 Å². The van der Waals surface area contributed by atoms with Crippen molar-refractivity contribution in [3.05, 3.63) is 0 Å². The van der Waals surface area contributed by atoms with E-state index in [1.807, 2.05) is 0 Å². The van der Waals surface area contributed by atoms with Crippen molar-refractivity contribution in [2.24, 2.45) is 23.7 Å². The number of piperidine rings is 2. The Morgan fingerprint density at radius 3 is 1.57 bits per heavy atom. The van der Waals surface area contributed by atoms with Crippen LogP contribution in [-0.2, 0) is 0 Å². The highest BCUT2D eigenvalue weighted by Crippen LogP contribution is 2.29. The topological polar surface area (TPSA) is 6.48 Å². The normalized spacial score (nSPS) is 29.4. The molecule has 0 N–H and O–H groups in total. The Labute approximate surface area is 133 Å². The second-order valence-corrected chi connectivity index (χ2v) is 8.56. The second kappa shape index (κ2) is 8.53. The van der Waals surface area contributed by atoms with Gasteiger partial charge in [-0.3, -0.25) is 0 Å². The number of rotatable bonds is 6. The number of hydrogen-bond acceptors (Lipinski definition) is 2. The zero-order valence-electron chi connectivity index (χ0n) is 15.0. The summed E-state index contributed by atoms with van der Waals surface area (Å²) in [5, 5.41) is 0. The van der Waals surface area contributed by atoms with Crippen LogP contribution < -0.4 is 0 Å². The van der Waals surface area contributed by atoms with E-state index in [1.165, 1.54) is 71.4 Å². The molecule has 2 aliphatic rings. The molecule has 0 amide bonds. The lowest BCUT2D eigenvalue weighted by Gasteiger charge is -2.38. The molecule has 2 heteroatoms. The van der Waals surface area contributed by atoms with Crippen molar-refractivity contribution in [1.29, 1.82) is 0 Å². The van der Waals surface area contributed by atoms with Crippen LogP contribution in [0.5, 0.6) is 0 Å². The molecule has 2 atom stereocenters. The number of hydrogen-bond donors (Lipinski definition) is 0. The monoisotopic (exact) mass is 294 g/mol. The summed E-state index contributed by atoms with van der Waals surface area (Å²) in [5.74, 6) is 3.59. The Morgan fingerprint density at radius 2 is 1.19 bits per heavy atom. The number of likely N-dealkylation sites (tertiary alicyclic amines) is 2. The highest BCUT2D eigenvalue weighted by molar-refractivity contribution is 4.80. The molecule has 2 nitrogen and oxygen atoms in total. The van der Waals surface area contributed by atoms with Gasteiger partial charge in [-0.2, -0.15) is 0 Å². The van der Waals surface area contributed by atoms with Gasteiger partial charge in [0.15, 0.2) is 0 Å². The first-order valence-electron chi connectivity index (χ1n) is 9.47.